The van der Waals surface area contributed by atoms with E-state index < -0.39 is 0 Å². The molecule has 1 rings (SSSR count). The van der Waals surface area contributed by atoms with Gasteiger partial charge in [-0.15, -0.1) is 0 Å². The maximum Gasteiger partial charge on any atom is 0.0756 e. The van der Waals surface area contributed by atoms with Gasteiger partial charge in [-0.2, -0.15) is 0 Å². The van der Waals surface area contributed by atoms with Crippen LogP contribution in [0.1, 0.15) is 64.1 Å². The normalized spacial score (nSPS) is 12.6. The molecule has 3 nitrogen and oxygen atoms in total. The van der Waals surface area contributed by atoms with Crippen LogP contribution in [-0.2, 0) is 0 Å². The van der Waals surface area contributed by atoms with Crippen molar-refractivity contribution in [2.24, 2.45) is 0 Å². The first kappa shape index (κ1) is 14.1. The fourth-order valence-electron chi connectivity index (χ4n) is 2.04. The molecular formula is C14H25N3. The van der Waals surface area contributed by atoms with Gasteiger partial charge in [-0.05, 0) is 13.0 Å². The molecule has 0 fully saturated rings. The van der Waals surface area contributed by atoms with Crippen LogP contribution in [0.25, 0.3) is 0 Å². The topological polar surface area (TPSA) is 37.8 Å². The molecular weight excluding hydrogens is 210 g/mol. The summed E-state index contributed by atoms with van der Waals surface area (Å²) in [6.07, 6.45) is 13.2. The van der Waals surface area contributed by atoms with Gasteiger partial charge in [-0.25, -0.2) is 0 Å². The van der Waals surface area contributed by atoms with Gasteiger partial charge in [0.2, 0.25) is 0 Å². The quantitative estimate of drug-likeness (QED) is 0.666. The maximum atomic E-state index is 4.39. The highest BCUT2D eigenvalue weighted by atomic mass is 14.9. The molecule has 17 heavy (non-hydrogen) atoms. The van der Waals surface area contributed by atoms with Gasteiger partial charge >= 0.3 is 0 Å². The summed E-state index contributed by atoms with van der Waals surface area (Å²) in [6.45, 7) is 5.37. The molecule has 0 saturated carbocycles. The van der Waals surface area contributed by atoms with Gasteiger partial charge in [0, 0.05) is 18.6 Å². The summed E-state index contributed by atoms with van der Waals surface area (Å²) in [7, 11) is 0. The predicted molar refractivity (Wildman–Crippen MR) is 71.8 cm³/mol. The standard InChI is InChI=1S/C14H25N3/c1-3-5-6-7-8-9-13(16-4-2)14-12-15-10-11-17-14/h10-13,16H,3-9H2,1-2H3. The van der Waals surface area contributed by atoms with Crippen LogP contribution < -0.4 is 5.32 Å². The third kappa shape index (κ3) is 5.78. The Bertz CT molecular complexity index is 274. The highest BCUT2D eigenvalue weighted by Crippen LogP contribution is 2.17. The Morgan fingerprint density at radius 1 is 1.12 bits per heavy atom. The van der Waals surface area contributed by atoms with E-state index in [1.165, 1.54) is 32.1 Å². The smallest absolute Gasteiger partial charge is 0.0756 e. The monoisotopic (exact) mass is 235 g/mol. The average molecular weight is 235 g/mol. The van der Waals surface area contributed by atoms with Gasteiger partial charge in [-0.1, -0.05) is 46.0 Å². The fourth-order valence-corrected chi connectivity index (χ4v) is 2.04. The van der Waals surface area contributed by atoms with Crippen molar-refractivity contribution >= 4 is 0 Å². The van der Waals surface area contributed by atoms with Crippen LogP contribution in [0.2, 0.25) is 0 Å². The number of aromatic nitrogens is 2. The molecule has 1 aromatic heterocycles. The van der Waals surface area contributed by atoms with Crippen LogP contribution in [0.15, 0.2) is 18.6 Å². The van der Waals surface area contributed by atoms with Crippen molar-refractivity contribution in [1.82, 2.24) is 15.3 Å². The molecule has 1 aromatic rings. The predicted octanol–water partition coefficient (Wildman–Crippen LogP) is 3.49. The minimum absolute atomic E-state index is 0.371. The zero-order valence-corrected chi connectivity index (χ0v) is 11.2. The van der Waals surface area contributed by atoms with Crippen LogP contribution >= 0.6 is 0 Å². The van der Waals surface area contributed by atoms with Crippen molar-refractivity contribution in [3.05, 3.63) is 24.3 Å². The van der Waals surface area contributed by atoms with Gasteiger partial charge in [-0.3, -0.25) is 9.97 Å². The molecule has 1 atom stereocenters. The summed E-state index contributed by atoms with van der Waals surface area (Å²) in [5.41, 5.74) is 1.07. The number of nitrogens with zero attached hydrogens (tertiary/aromatic N) is 2. The first-order chi connectivity index (χ1) is 8.38. The van der Waals surface area contributed by atoms with E-state index in [0.717, 1.165) is 18.7 Å². The van der Waals surface area contributed by atoms with E-state index in [9.17, 15) is 0 Å². The van der Waals surface area contributed by atoms with Gasteiger partial charge in [0.05, 0.1) is 11.7 Å². The lowest BCUT2D eigenvalue weighted by Gasteiger charge is -2.16. The summed E-state index contributed by atoms with van der Waals surface area (Å²) in [5.74, 6) is 0. The molecule has 1 unspecified atom stereocenters. The Labute approximate surface area is 105 Å². The summed E-state index contributed by atoms with van der Waals surface area (Å²) in [5, 5.41) is 3.49. The fraction of sp³-hybridized carbons (Fsp3) is 0.714. The van der Waals surface area contributed by atoms with Crippen LogP contribution in [0.4, 0.5) is 0 Å². The molecule has 0 aliphatic heterocycles. The minimum atomic E-state index is 0.371. The van der Waals surface area contributed by atoms with Gasteiger partial charge in [0.25, 0.3) is 0 Å². The molecule has 0 aliphatic rings. The summed E-state index contributed by atoms with van der Waals surface area (Å²) in [6, 6.07) is 0.371. The number of nitrogens with one attached hydrogen (secondary N) is 1. The maximum absolute atomic E-state index is 4.39. The zero-order chi connectivity index (χ0) is 12.3. The third-order valence-corrected chi connectivity index (χ3v) is 2.99. The van der Waals surface area contributed by atoms with E-state index in [1.807, 2.05) is 6.20 Å². The van der Waals surface area contributed by atoms with E-state index >= 15 is 0 Å². The Hall–Kier alpha value is -0.960. The molecule has 1 N–H and O–H groups in total. The average Bonchev–Trinajstić information content (AvgIpc) is 2.38. The van der Waals surface area contributed by atoms with Crippen molar-refractivity contribution in [1.29, 1.82) is 0 Å². The third-order valence-electron chi connectivity index (χ3n) is 2.99. The Morgan fingerprint density at radius 3 is 2.59 bits per heavy atom. The van der Waals surface area contributed by atoms with Crippen molar-refractivity contribution < 1.29 is 0 Å². The van der Waals surface area contributed by atoms with Gasteiger partial charge in [0.1, 0.15) is 0 Å². The van der Waals surface area contributed by atoms with Crippen molar-refractivity contribution in [3.8, 4) is 0 Å². The summed E-state index contributed by atoms with van der Waals surface area (Å²) in [4.78, 5) is 8.53. The van der Waals surface area contributed by atoms with Crippen molar-refractivity contribution in [3.63, 3.8) is 0 Å². The van der Waals surface area contributed by atoms with E-state index in [-0.39, 0.29) is 0 Å². The lowest BCUT2D eigenvalue weighted by atomic mass is 10.0. The number of unbranched alkanes of at least 4 members (excludes halogenated alkanes) is 4. The number of hydrogen-bond donors (Lipinski definition) is 1. The van der Waals surface area contributed by atoms with Crippen molar-refractivity contribution in [2.75, 3.05) is 6.54 Å². The minimum Gasteiger partial charge on any atom is -0.309 e. The van der Waals surface area contributed by atoms with Gasteiger partial charge < -0.3 is 5.32 Å². The first-order valence-corrected chi connectivity index (χ1v) is 6.87. The molecule has 0 aromatic carbocycles. The molecule has 0 amide bonds. The Balaban J connectivity index is 2.33. The van der Waals surface area contributed by atoms with Crippen LogP contribution in [0.3, 0.4) is 0 Å². The highest BCUT2D eigenvalue weighted by molar-refractivity contribution is 5.01. The lowest BCUT2D eigenvalue weighted by Crippen LogP contribution is -2.21. The van der Waals surface area contributed by atoms with Crippen LogP contribution in [-0.4, -0.2) is 16.5 Å². The molecule has 0 aliphatic carbocycles. The van der Waals surface area contributed by atoms with E-state index in [2.05, 4.69) is 29.1 Å². The SMILES string of the molecule is CCCCCCCC(NCC)c1cnccn1. The summed E-state index contributed by atoms with van der Waals surface area (Å²) >= 11 is 0. The second-order valence-corrected chi connectivity index (χ2v) is 4.44. The second kappa shape index (κ2) is 9.11. The van der Waals surface area contributed by atoms with Crippen LogP contribution in [0.5, 0.6) is 0 Å². The number of rotatable bonds is 9. The second-order valence-electron chi connectivity index (χ2n) is 4.44. The molecule has 3 heteroatoms. The van der Waals surface area contributed by atoms with Gasteiger partial charge in [0.15, 0.2) is 0 Å². The zero-order valence-electron chi connectivity index (χ0n) is 11.2. The van der Waals surface area contributed by atoms with Crippen molar-refractivity contribution in [2.45, 2.75) is 58.4 Å². The molecule has 96 valence electrons. The molecule has 0 saturated heterocycles. The highest BCUT2D eigenvalue weighted by Gasteiger charge is 2.10. The lowest BCUT2D eigenvalue weighted by molar-refractivity contribution is 0.469. The Morgan fingerprint density at radius 2 is 1.94 bits per heavy atom. The van der Waals surface area contributed by atoms with E-state index in [4.69, 9.17) is 0 Å². The largest absolute Gasteiger partial charge is 0.309 e. The van der Waals surface area contributed by atoms with E-state index in [0.29, 0.717) is 6.04 Å². The molecule has 0 spiro atoms. The Kier molecular flexibility index (Phi) is 7.56. The first-order valence-electron chi connectivity index (χ1n) is 6.87. The van der Waals surface area contributed by atoms with E-state index in [1.54, 1.807) is 12.4 Å². The molecule has 1 heterocycles. The van der Waals surface area contributed by atoms with Crippen LogP contribution in [0, 0.1) is 0 Å². The molecule has 0 radical (unpaired) electrons. The number of hydrogen-bond acceptors (Lipinski definition) is 3. The summed E-state index contributed by atoms with van der Waals surface area (Å²) < 4.78 is 0. The molecule has 0 bridgehead atoms.